The van der Waals surface area contributed by atoms with E-state index in [4.69, 9.17) is 11.6 Å². The van der Waals surface area contributed by atoms with Crippen LogP contribution in [0.5, 0.6) is 0 Å². The van der Waals surface area contributed by atoms with Crippen LogP contribution in [0.1, 0.15) is 40.9 Å². The second kappa shape index (κ2) is 8.27. The highest BCUT2D eigenvalue weighted by Crippen LogP contribution is 2.22. The van der Waals surface area contributed by atoms with E-state index in [9.17, 15) is 4.79 Å². The van der Waals surface area contributed by atoms with Gasteiger partial charge in [0.25, 0.3) is 0 Å². The first-order valence-corrected chi connectivity index (χ1v) is 9.14. The summed E-state index contributed by atoms with van der Waals surface area (Å²) in [5.74, 6) is 0.820. The van der Waals surface area contributed by atoms with E-state index < -0.39 is 0 Å². The molecule has 0 aliphatic rings. The van der Waals surface area contributed by atoms with Gasteiger partial charge in [0.2, 0.25) is 5.95 Å². The number of ketones is 1. The van der Waals surface area contributed by atoms with Gasteiger partial charge >= 0.3 is 0 Å². The molecule has 0 saturated heterocycles. The van der Waals surface area contributed by atoms with Crippen LogP contribution in [0, 0.1) is 12.8 Å². The Morgan fingerprint density at radius 1 is 1.15 bits per heavy atom. The maximum absolute atomic E-state index is 12.5. The molecule has 0 aliphatic heterocycles. The molecule has 0 fully saturated rings. The highest BCUT2D eigenvalue weighted by molar-refractivity contribution is 6.34. The topological polar surface area (TPSA) is 67.8 Å². The van der Waals surface area contributed by atoms with Crippen LogP contribution in [0.4, 0.5) is 11.6 Å². The third-order valence-electron chi connectivity index (χ3n) is 4.11. The summed E-state index contributed by atoms with van der Waals surface area (Å²) in [4.78, 5) is 24.9. The Labute approximate surface area is 163 Å². The first kappa shape index (κ1) is 19.0. The highest BCUT2D eigenvalue weighted by Gasteiger charge is 2.14. The number of nitrogens with zero attached hydrogens (tertiary/aromatic N) is 3. The Balaban J connectivity index is 1.75. The van der Waals surface area contributed by atoms with Crippen molar-refractivity contribution >= 4 is 29.0 Å². The predicted octanol–water partition coefficient (Wildman–Crippen LogP) is 5.01. The Morgan fingerprint density at radius 2 is 1.89 bits per heavy atom. The second-order valence-corrected chi connectivity index (χ2v) is 7.26. The minimum Gasteiger partial charge on any atom is -0.324 e. The molecule has 2 heterocycles. The highest BCUT2D eigenvalue weighted by atomic mass is 35.5. The molecule has 3 rings (SSSR count). The number of nitrogens with one attached hydrogen (secondary N) is 1. The summed E-state index contributed by atoms with van der Waals surface area (Å²) in [6.45, 7) is 6.46. The van der Waals surface area contributed by atoms with Gasteiger partial charge in [0.1, 0.15) is 0 Å². The lowest BCUT2D eigenvalue weighted by atomic mass is 10.0. The normalized spacial score (nSPS) is 10.9. The summed E-state index contributed by atoms with van der Waals surface area (Å²) in [7, 11) is 0. The van der Waals surface area contributed by atoms with Gasteiger partial charge in [-0.3, -0.25) is 9.78 Å². The molecule has 0 unspecified atom stereocenters. The van der Waals surface area contributed by atoms with E-state index in [-0.39, 0.29) is 5.78 Å². The van der Waals surface area contributed by atoms with E-state index in [0.717, 1.165) is 17.7 Å². The fourth-order valence-electron chi connectivity index (χ4n) is 2.81. The number of pyridine rings is 1. The molecule has 138 valence electrons. The van der Waals surface area contributed by atoms with Gasteiger partial charge in [-0.25, -0.2) is 9.97 Å². The molecule has 0 radical (unpaired) electrons. The molecule has 6 heteroatoms. The van der Waals surface area contributed by atoms with Gasteiger partial charge in [-0.15, -0.1) is 0 Å². The molecule has 5 nitrogen and oxygen atoms in total. The number of carbonyl (C=O) groups excluding carboxylic acids is 1. The van der Waals surface area contributed by atoms with Crippen LogP contribution in [0.25, 0.3) is 0 Å². The van der Waals surface area contributed by atoms with Crippen molar-refractivity contribution < 1.29 is 4.79 Å². The molecule has 0 bridgehead atoms. The van der Waals surface area contributed by atoms with E-state index in [1.165, 1.54) is 30.4 Å². The molecule has 3 aromatic rings. The van der Waals surface area contributed by atoms with E-state index in [2.05, 4.69) is 53.2 Å². The third kappa shape index (κ3) is 4.68. The lowest BCUT2D eigenvalue weighted by molar-refractivity contribution is 0.103. The molecule has 27 heavy (non-hydrogen) atoms. The first-order valence-electron chi connectivity index (χ1n) is 8.77. The van der Waals surface area contributed by atoms with Gasteiger partial charge in [-0.1, -0.05) is 37.6 Å². The summed E-state index contributed by atoms with van der Waals surface area (Å²) in [6.07, 6.45) is 7.01. The fourth-order valence-corrected chi connectivity index (χ4v) is 3.01. The summed E-state index contributed by atoms with van der Waals surface area (Å²) in [5, 5.41) is 3.51. The zero-order valence-electron chi connectivity index (χ0n) is 15.5. The van der Waals surface area contributed by atoms with Crippen molar-refractivity contribution in [3.63, 3.8) is 0 Å². The largest absolute Gasteiger partial charge is 0.324 e. The average molecular weight is 381 g/mol. The zero-order valence-corrected chi connectivity index (χ0v) is 16.3. The summed E-state index contributed by atoms with van der Waals surface area (Å²) < 4.78 is 0. The molecule has 2 aromatic heterocycles. The van der Waals surface area contributed by atoms with Crippen LogP contribution in [-0.4, -0.2) is 20.7 Å². The fraction of sp³-hybridized carbons (Fsp3) is 0.238. The monoisotopic (exact) mass is 380 g/mol. The number of hydrogen-bond acceptors (Lipinski definition) is 5. The number of carbonyl (C=O) groups is 1. The number of anilines is 2. The first-order chi connectivity index (χ1) is 12.9. The Bertz CT molecular complexity index is 955. The van der Waals surface area contributed by atoms with Gasteiger partial charge in [-0.2, -0.15) is 0 Å². The number of aromatic nitrogens is 3. The van der Waals surface area contributed by atoms with Gasteiger partial charge in [0.15, 0.2) is 5.78 Å². The van der Waals surface area contributed by atoms with E-state index in [1.807, 2.05) is 6.07 Å². The van der Waals surface area contributed by atoms with Crippen molar-refractivity contribution in [3.05, 3.63) is 76.3 Å². The maximum Gasteiger partial charge on any atom is 0.227 e. The van der Waals surface area contributed by atoms with Crippen molar-refractivity contribution in [1.29, 1.82) is 0 Å². The van der Waals surface area contributed by atoms with Crippen molar-refractivity contribution in [2.45, 2.75) is 27.2 Å². The Kier molecular flexibility index (Phi) is 5.81. The van der Waals surface area contributed by atoms with Crippen molar-refractivity contribution in [3.8, 4) is 0 Å². The lowest BCUT2D eigenvalue weighted by Crippen LogP contribution is -2.06. The van der Waals surface area contributed by atoms with E-state index >= 15 is 0 Å². The molecule has 0 aliphatic carbocycles. The maximum atomic E-state index is 12.5. The minimum absolute atomic E-state index is 0.233. The smallest absolute Gasteiger partial charge is 0.227 e. The zero-order chi connectivity index (χ0) is 19.4. The number of rotatable bonds is 6. The van der Waals surface area contributed by atoms with Gasteiger partial charge in [0, 0.05) is 36.0 Å². The Hall–Kier alpha value is -2.79. The third-order valence-corrected chi connectivity index (χ3v) is 4.41. The van der Waals surface area contributed by atoms with Crippen molar-refractivity contribution in [2.75, 3.05) is 5.32 Å². The second-order valence-electron chi connectivity index (χ2n) is 6.85. The molecular weight excluding hydrogens is 360 g/mol. The number of hydrogen-bond donors (Lipinski definition) is 1. The lowest BCUT2D eigenvalue weighted by Gasteiger charge is -2.11. The summed E-state index contributed by atoms with van der Waals surface area (Å²) >= 11 is 6.03. The summed E-state index contributed by atoms with van der Waals surface area (Å²) in [6, 6.07) is 7.90. The van der Waals surface area contributed by atoms with Crippen LogP contribution in [0.15, 0.2) is 49.1 Å². The SMILES string of the molecule is Cc1cc(CC(C)C)ccc1Nc1ncc(C(=O)c2ccncc2Cl)cn1. The molecule has 0 spiro atoms. The molecule has 0 atom stereocenters. The standard InChI is InChI=1S/C21H21ClN4O/c1-13(2)8-15-4-5-19(14(3)9-15)26-21-24-10-16(11-25-21)20(27)17-6-7-23-12-18(17)22/h4-7,9-13H,8H2,1-3H3,(H,24,25,26). The van der Waals surface area contributed by atoms with Crippen LogP contribution >= 0.6 is 11.6 Å². The van der Waals surface area contributed by atoms with Crippen LogP contribution in [-0.2, 0) is 6.42 Å². The van der Waals surface area contributed by atoms with Crippen LogP contribution < -0.4 is 5.32 Å². The molecular formula is C21H21ClN4O. The van der Waals surface area contributed by atoms with Gasteiger partial charge < -0.3 is 5.32 Å². The van der Waals surface area contributed by atoms with Gasteiger partial charge in [-0.05, 0) is 42.5 Å². The number of benzene rings is 1. The Morgan fingerprint density at radius 3 is 2.52 bits per heavy atom. The number of halogens is 1. The molecule has 0 amide bonds. The van der Waals surface area contributed by atoms with Crippen LogP contribution in [0.2, 0.25) is 5.02 Å². The predicted molar refractivity (Wildman–Crippen MR) is 108 cm³/mol. The van der Waals surface area contributed by atoms with Crippen molar-refractivity contribution in [1.82, 2.24) is 15.0 Å². The molecule has 0 saturated carbocycles. The average Bonchev–Trinajstić information content (AvgIpc) is 2.64. The molecule has 1 aromatic carbocycles. The minimum atomic E-state index is -0.233. The summed E-state index contributed by atoms with van der Waals surface area (Å²) in [5.41, 5.74) is 4.13. The van der Waals surface area contributed by atoms with Crippen LogP contribution in [0.3, 0.4) is 0 Å². The van der Waals surface area contributed by atoms with Crippen molar-refractivity contribution in [2.24, 2.45) is 5.92 Å². The quantitative estimate of drug-likeness (QED) is 0.609. The van der Waals surface area contributed by atoms with Gasteiger partial charge in [0.05, 0.1) is 10.6 Å². The van der Waals surface area contributed by atoms with E-state index in [0.29, 0.717) is 28.0 Å². The molecule has 1 N–H and O–H groups in total. The van der Waals surface area contributed by atoms with E-state index in [1.54, 1.807) is 6.07 Å². The number of aryl methyl sites for hydroxylation is 1.